The largest absolute Gasteiger partial charge is 0.673 e. The zero-order valence-electron chi connectivity index (χ0n) is 12.6. The Kier molecular flexibility index (Phi) is 12.4. The minimum absolute atomic E-state index is 0.374. The normalized spacial score (nSPS) is 9.71. The number of aromatic nitrogens is 2. The van der Waals surface area contributed by atoms with Crippen molar-refractivity contribution in [1.82, 2.24) is 4.57 Å². The third kappa shape index (κ3) is 20.7. The average molecular weight is 316 g/mol. The Hall–Kier alpha value is -1.74. The standard InChI is InChI=1S/C6H11N2.C5H10O3.BF4/c1-3-8-5-4-7(2)6-8;1-3-7-5(6)8-4-2;2-1(3,4)5/h4-6H,3H2,1-2H3;3-4H2,1-2H3;/q+1;;-1. The van der Waals surface area contributed by atoms with Crippen LogP contribution in [-0.4, -0.2) is 31.2 Å². The van der Waals surface area contributed by atoms with E-state index in [9.17, 15) is 22.1 Å². The van der Waals surface area contributed by atoms with Crippen LogP contribution in [-0.2, 0) is 23.1 Å². The molecule has 21 heavy (non-hydrogen) atoms. The van der Waals surface area contributed by atoms with Crippen molar-refractivity contribution < 1.29 is 36.1 Å². The lowest BCUT2D eigenvalue weighted by atomic mass is 10.3. The summed E-state index contributed by atoms with van der Waals surface area (Å²) in [6.07, 6.45) is 5.55. The number of carbonyl (C=O) groups is 1. The zero-order valence-corrected chi connectivity index (χ0v) is 12.6. The van der Waals surface area contributed by atoms with Crippen LogP contribution in [0.4, 0.5) is 22.1 Å². The fraction of sp³-hybridized carbons (Fsp3) is 0.636. The van der Waals surface area contributed by atoms with Crippen molar-refractivity contribution >= 4 is 13.4 Å². The molecule has 0 aliphatic rings. The minimum Gasteiger partial charge on any atom is -0.435 e. The van der Waals surface area contributed by atoms with E-state index in [-0.39, 0.29) is 0 Å². The Morgan fingerprint density at radius 2 is 1.57 bits per heavy atom. The van der Waals surface area contributed by atoms with Gasteiger partial charge in [-0.2, -0.15) is 0 Å². The van der Waals surface area contributed by atoms with E-state index in [1.54, 1.807) is 13.8 Å². The van der Waals surface area contributed by atoms with Crippen molar-refractivity contribution in [2.45, 2.75) is 27.3 Å². The highest BCUT2D eigenvalue weighted by Gasteiger charge is 2.20. The maximum atomic E-state index is 10.2. The number of aryl methyl sites for hydroxylation is 2. The maximum absolute atomic E-state index is 10.2. The van der Waals surface area contributed by atoms with Crippen molar-refractivity contribution in [2.75, 3.05) is 13.2 Å². The molecule has 0 bridgehead atoms. The molecular formula is C11H21BF4N2O3. The van der Waals surface area contributed by atoms with Crippen molar-refractivity contribution in [2.24, 2.45) is 7.05 Å². The van der Waals surface area contributed by atoms with Crippen LogP contribution in [0.1, 0.15) is 20.8 Å². The first-order chi connectivity index (χ1) is 9.63. The van der Waals surface area contributed by atoms with Gasteiger partial charge in [0.1, 0.15) is 12.4 Å². The van der Waals surface area contributed by atoms with Gasteiger partial charge in [-0.15, -0.1) is 0 Å². The van der Waals surface area contributed by atoms with E-state index in [4.69, 9.17) is 0 Å². The smallest absolute Gasteiger partial charge is 0.435 e. The third-order valence-corrected chi connectivity index (χ3v) is 1.71. The van der Waals surface area contributed by atoms with Gasteiger partial charge < -0.3 is 26.7 Å². The number of hydrogen-bond acceptors (Lipinski definition) is 3. The molecule has 0 aliphatic heterocycles. The van der Waals surface area contributed by atoms with Crippen molar-refractivity contribution in [3.05, 3.63) is 18.7 Å². The van der Waals surface area contributed by atoms with Gasteiger partial charge in [-0.25, -0.2) is 13.9 Å². The number of ether oxygens (including phenoxy) is 2. The second-order valence-electron chi connectivity index (χ2n) is 3.52. The highest BCUT2D eigenvalue weighted by atomic mass is 19.5. The Labute approximate surface area is 121 Å². The summed E-state index contributed by atoms with van der Waals surface area (Å²) in [6.45, 7) is 7.40. The van der Waals surface area contributed by atoms with E-state index in [2.05, 4.69) is 33.5 Å². The highest BCUT2D eigenvalue weighted by molar-refractivity contribution is 6.50. The predicted molar refractivity (Wildman–Crippen MR) is 70.1 cm³/mol. The average Bonchev–Trinajstić information content (AvgIpc) is 2.74. The van der Waals surface area contributed by atoms with E-state index >= 15 is 0 Å². The number of rotatable bonds is 3. The lowest BCUT2D eigenvalue weighted by molar-refractivity contribution is -0.693. The van der Waals surface area contributed by atoms with Crippen LogP contribution >= 0.6 is 0 Å². The molecule has 0 saturated carbocycles. The number of imidazole rings is 1. The highest BCUT2D eigenvalue weighted by Crippen LogP contribution is 2.06. The summed E-state index contributed by atoms with van der Waals surface area (Å²) in [6, 6.07) is 0. The predicted octanol–water partition coefficient (Wildman–Crippen LogP) is 2.81. The van der Waals surface area contributed by atoms with Crippen LogP contribution in [0.5, 0.6) is 0 Å². The summed E-state index contributed by atoms with van der Waals surface area (Å²) in [5.41, 5.74) is 0. The maximum Gasteiger partial charge on any atom is 0.673 e. The van der Waals surface area contributed by atoms with Crippen molar-refractivity contribution in [1.29, 1.82) is 0 Å². The summed E-state index contributed by atoms with van der Waals surface area (Å²) >= 11 is 0. The molecule has 0 atom stereocenters. The minimum atomic E-state index is -6.00. The molecule has 0 radical (unpaired) electrons. The Balaban J connectivity index is 0. The molecular weight excluding hydrogens is 295 g/mol. The molecule has 10 heteroatoms. The van der Waals surface area contributed by atoms with Crippen LogP contribution in [0.15, 0.2) is 18.7 Å². The summed E-state index contributed by atoms with van der Waals surface area (Å²) in [5, 5.41) is 0. The second-order valence-corrected chi connectivity index (χ2v) is 3.52. The molecule has 5 nitrogen and oxygen atoms in total. The van der Waals surface area contributed by atoms with Gasteiger partial charge in [-0.3, -0.25) is 0 Å². The number of hydrogen-bond donors (Lipinski definition) is 0. The first-order valence-electron chi connectivity index (χ1n) is 6.31. The van der Waals surface area contributed by atoms with Crippen molar-refractivity contribution in [3.8, 4) is 0 Å². The first-order valence-corrected chi connectivity index (χ1v) is 6.31. The molecule has 0 spiro atoms. The molecule has 0 amide bonds. The molecule has 1 aromatic rings. The molecule has 0 N–H and O–H groups in total. The van der Waals surface area contributed by atoms with Gasteiger partial charge in [-0.05, 0) is 20.8 Å². The fourth-order valence-corrected chi connectivity index (χ4v) is 0.966. The summed E-state index contributed by atoms with van der Waals surface area (Å²) in [5.74, 6) is 0. The van der Waals surface area contributed by atoms with Crippen LogP contribution in [0, 0.1) is 0 Å². The van der Waals surface area contributed by atoms with Crippen LogP contribution in [0.3, 0.4) is 0 Å². The molecule has 1 rings (SSSR count). The molecule has 0 unspecified atom stereocenters. The van der Waals surface area contributed by atoms with E-state index in [0.29, 0.717) is 13.2 Å². The van der Waals surface area contributed by atoms with Gasteiger partial charge in [0, 0.05) is 0 Å². The van der Waals surface area contributed by atoms with Gasteiger partial charge in [0.2, 0.25) is 6.33 Å². The van der Waals surface area contributed by atoms with Gasteiger partial charge in [0.15, 0.2) is 0 Å². The topological polar surface area (TPSA) is 44.3 Å². The molecule has 124 valence electrons. The van der Waals surface area contributed by atoms with Crippen LogP contribution in [0.25, 0.3) is 0 Å². The second kappa shape index (κ2) is 12.0. The van der Waals surface area contributed by atoms with Gasteiger partial charge in [0.25, 0.3) is 0 Å². The molecule has 1 aromatic heterocycles. The number of halogens is 4. The molecule has 0 saturated heterocycles. The van der Waals surface area contributed by atoms with E-state index in [1.165, 1.54) is 0 Å². The number of nitrogens with zero attached hydrogens (tertiary/aromatic N) is 2. The fourth-order valence-electron chi connectivity index (χ4n) is 0.966. The quantitative estimate of drug-likeness (QED) is 0.373. The Morgan fingerprint density at radius 3 is 1.76 bits per heavy atom. The molecule has 0 aromatic carbocycles. The van der Waals surface area contributed by atoms with Crippen LogP contribution in [0.2, 0.25) is 0 Å². The van der Waals surface area contributed by atoms with Gasteiger partial charge in [-0.1, -0.05) is 0 Å². The van der Waals surface area contributed by atoms with Crippen LogP contribution < -0.4 is 4.57 Å². The SMILES string of the molecule is CCOC(=O)OCC.CC[n+]1ccn(C)c1.F[B-](F)(F)F. The Morgan fingerprint density at radius 1 is 1.14 bits per heavy atom. The Bertz CT molecular complexity index is 372. The monoisotopic (exact) mass is 316 g/mol. The van der Waals surface area contributed by atoms with E-state index < -0.39 is 13.4 Å². The zero-order chi connectivity index (χ0) is 16.9. The van der Waals surface area contributed by atoms with Gasteiger partial charge >= 0.3 is 13.4 Å². The summed E-state index contributed by atoms with van der Waals surface area (Å²) in [7, 11) is -3.98. The summed E-state index contributed by atoms with van der Waals surface area (Å²) < 4.78 is 52.0. The number of carbonyl (C=O) groups excluding carboxylic acids is 1. The van der Waals surface area contributed by atoms with Gasteiger partial charge in [0.05, 0.1) is 26.8 Å². The van der Waals surface area contributed by atoms with Crippen molar-refractivity contribution in [3.63, 3.8) is 0 Å². The molecule has 1 heterocycles. The third-order valence-electron chi connectivity index (χ3n) is 1.71. The van der Waals surface area contributed by atoms with E-state index in [0.717, 1.165) is 6.54 Å². The first kappa shape index (κ1) is 21.6. The molecule has 0 aliphatic carbocycles. The van der Waals surface area contributed by atoms with E-state index in [1.807, 2.05) is 17.8 Å². The lowest BCUT2D eigenvalue weighted by Crippen LogP contribution is -2.28. The molecule has 0 fully saturated rings. The summed E-state index contributed by atoms with van der Waals surface area (Å²) in [4.78, 5) is 10.2. The lowest BCUT2D eigenvalue weighted by Gasteiger charge is -1.98.